The van der Waals surface area contributed by atoms with Gasteiger partial charge in [0.05, 0.1) is 6.61 Å². The summed E-state index contributed by atoms with van der Waals surface area (Å²) in [5, 5.41) is 3.66. The summed E-state index contributed by atoms with van der Waals surface area (Å²) in [6.45, 7) is 6.11. The van der Waals surface area contributed by atoms with E-state index in [2.05, 4.69) is 61.6 Å². The Balaban J connectivity index is 1.88. The maximum Gasteiger partial charge on any atom is 0.122 e. The highest BCUT2D eigenvalue weighted by molar-refractivity contribution is 5.37. The van der Waals surface area contributed by atoms with Gasteiger partial charge >= 0.3 is 0 Å². The molecule has 21 heavy (non-hydrogen) atoms. The van der Waals surface area contributed by atoms with Gasteiger partial charge in [0.25, 0.3) is 0 Å². The largest absolute Gasteiger partial charge is 0.493 e. The number of nitrogens with one attached hydrogen (secondary N) is 1. The van der Waals surface area contributed by atoms with Crippen LogP contribution in [0, 0.1) is 12.8 Å². The summed E-state index contributed by atoms with van der Waals surface area (Å²) >= 11 is 0. The molecule has 0 aromatic heterocycles. The normalized spacial score (nSPS) is 18.7. The number of hydrogen-bond acceptors (Lipinski definition) is 2. The minimum atomic E-state index is 0.351. The molecule has 1 N–H and O–H groups in total. The van der Waals surface area contributed by atoms with Gasteiger partial charge in [-0.1, -0.05) is 49.4 Å². The van der Waals surface area contributed by atoms with Crippen molar-refractivity contribution in [2.24, 2.45) is 5.92 Å². The lowest BCUT2D eigenvalue weighted by atomic mass is 9.85. The van der Waals surface area contributed by atoms with Crippen molar-refractivity contribution in [3.05, 3.63) is 65.2 Å². The fraction of sp³-hybridized carbons (Fsp3) is 0.368. The molecule has 2 unspecified atom stereocenters. The Hall–Kier alpha value is -1.80. The second-order valence-electron chi connectivity index (χ2n) is 5.77. The van der Waals surface area contributed by atoms with Crippen LogP contribution in [-0.2, 0) is 6.42 Å². The van der Waals surface area contributed by atoms with Crippen LogP contribution < -0.4 is 10.1 Å². The van der Waals surface area contributed by atoms with Gasteiger partial charge in [-0.15, -0.1) is 0 Å². The Morgan fingerprint density at radius 3 is 2.71 bits per heavy atom. The van der Waals surface area contributed by atoms with Gasteiger partial charge in [-0.25, -0.2) is 0 Å². The Kier molecular flexibility index (Phi) is 4.26. The van der Waals surface area contributed by atoms with Gasteiger partial charge in [-0.05, 0) is 42.6 Å². The molecule has 0 radical (unpaired) electrons. The van der Waals surface area contributed by atoms with E-state index in [1.807, 2.05) is 6.07 Å². The summed E-state index contributed by atoms with van der Waals surface area (Å²) in [4.78, 5) is 0. The van der Waals surface area contributed by atoms with E-state index in [1.54, 1.807) is 0 Å². The van der Waals surface area contributed by atoms with Gasteiger partial charge in [0.15, 0.2) is 0 Å². The molecule has 1 aliphatic heterocycles. The molecule has 0 spiro atoms. The first-order valence-corrected chi connectivity index (χ1v) is 7.79. The van der Waals surface area contributed by atoms with Crippen molar-refractivity contribution in [1.29, 1.82) is 0 Å². The lowest BCUT2D eigenvalue weighted by Crippen LogP contribution is -2.35. The zero-order chi connectivity index (χ0) is 14.7. The third kappa shape index (κ3) is 2.96. The highest BCUT2D eigenvalue weighted by atomic mass is 16.5. The van der Waals surface area contributed by atoms with Crippen molar-refractivity contribution in [3.8, 4) is 5.75 Å². The highest BCUT2D eigenvalue weighted by Crippen LogP contribution is 2.34. The predicted molar refractivity (Wildman–Crippen MR) is 86.7 cm³/mol. The van der Waals surface area contributed by atoms with Crippen molar-refractivity contribution in [2.45, 2.75) is 26.3 Å². The summed E-state index contributed by atoms with van der Waals surface area (Å²) < 4.78 is 5.98. The lowest BCUT2D eigenvalue weighted by Gasteiger charge is -2.33. The van der Waals surface area contributed by atoms with E-state index in [4.69, 9.17) is 4.74 Å². The second-order valence-corrected chi connectivity index (χ2v) is 5.77. The van der Waals surface area contributed by atoms with E-state index >= 15 is 0 Å². The molecule has 1 heterocycles. The van der Waals surface area contributed by atoms with E-state index in [0.29, 0.717) is 12.0 Å². The minimum Gasteiger partial charge on any atom is -0.493 e. The first-order chi connectivity index (χ1) is 10.3. The first-order valence-electron chi connectivity index (χ1n) is 7.79. The van der Waals surface area contributed by atoms with Crippen LogP contribution in [0.25, 0.3) is 0 Å². The molecular formula is C19H23NO. The maximum absolute atomic E-state index is 5.98. The van der Waals surface area contributed by atoms with Gasteiger partial charge in [-0.3, -0.25) is 0 Å². The molecule has 0 bridgehead atoms. The molecule has 110 valence electrons. The van der Waals surface area contributed by atoms with Crippen molar-refractivity contribution in [1.82, 2.24) is 5.32 Å². The van der Waals surface area contributed by atoms with E-state index < -0.39 is 0 Å². The Morgan fingerprint density at radius 2 is 1.90 bits per heavy atom. The Labute approximate surface area is 127 Å². The van der Waals surface area contributed by atoms with Crippen molar-refractivity contribution in [2.75, 3.05) is 13.2 Å². The van der Waals surface area contributed by atoms with Crippen molar-refractivity contribution in [3.63, 3.8) is 0 Å². The fourth-order valence-corrected chi connectivity index (χ4v) is 3.25. The molecule has 2 nitrogen and oxygen atoms in total. The van der Waals surface area contributed by atoms with E-state index in [0.717, 1.165) is 25.3 Å². The highest BCUT2D eigenvalue weighted by Gasteiger charge is 2.28. The molecule has 2 heteroatoms. The van der Waals surface area contributed by atoms with E-state index in [1.165, 1.54) is 16.7 Å². The predicted octanol–water partition coefficient (Wildman–Crippen LogP) is 3.90. The van der Waals surface area contributed by atoms with Crippen molar-refractivity contribution < 1.29 is 4.74 Å². The van der Waals surface area contributed by atoms with Crippen LogP contribution in [0.2, 0.25) is 0 Å². The smallest absolute Gasteiger partial charge is 0.122 e. The fourth-order valence-electron chi connectivity index (χ4n) is 3.25. The molecule has 2 atom stereocenters. The first kappa shape index (κ1) is 14.2. The Morgan fingerprint density at radius 1 is 1.14 bits per heavy atom. The number of benzene rings is 2. The average molecular weight is 281 g/mol. The summed E-state index contributed by atoms with van der Waals surface area (Å²) in [5.74, 6) is 1.52. The number of aryl methyl sites for hydroxylation is 1. The van der Waals surface area contributed by atoms with Crippen LogP contribution in [0.5, 0.6) is 5.75 Å². The van der Waals surface area contributed by atoms with Gasteiger partial charge < -0.3 is 10.1 Å². The number of rotatable bonds is 4. The monoisotopic (exact) mass is 281 g/mol. The molecule has 0 saturated heterocycles. The van der Waals surface area contributed by atoms with Gasteiger partial charge in [0, 0.05) is 12.0 Å². The topological polar surface area (TPSA) is 21.3 Å². The molecule has 0 amide bonds. The number of ether oxygens (including phenoxy) is 1. The van der Waals surface area contributed by atoms with Crippen LogP contribution in [0.3, 0.4) is 0 Å². The van der Waals surface area contributed by atoms with Gasteiger partial charge in [0.2, 0.25) is 0 Å². The third-order valence-electron chi connectivity index (χ3n) is 4.33. The average Bonchev–Trinajstić information content (AvgIpc) is 2.53. The molecule has 0 aliphatic carbocycles. The summed E-state index contributed by atoms with van der Waals surface area (Å²) in [7, 11) is 0. The number of para-hydroxylation sites is 1. The summed E-state index contributed by atoms with van der Waals surface area (Å²) in [6, 6.07) is 17.4. The summed E-state index contributed by atoms with van der Waals surface area (Å²) in [5.41, 5.74) is 4.07. The van der Waals surface area contributed by atoms with Gasteiger partial charge in [0.1, 0.15) is 5.75 Å². The number of fused-ring (bicyclic) bond motifs is 1. The molecule has 1 aliphatic rings. The van der Waals surface area contributed by atoms with Crippen LogP contribution in [0.15, 0.2) is 48.5 Å². The molecule has 0 saturated carbocycles. The third-order valence-corrected chi connectivity index (χ3v) is 4.33. The molecule has 3 rings (SSSR count). The lowest BCUT2D eigenvalue weighted by molar-refractivity contribution is 0.185. The molecule has 2 aromatic rings. The zero-order valence-electron chi connectivity index (χ0n) is 12.8. The van der Waals surface area contributed by atoms with Gasteiger partial charge in [-0.2, -0.15) is 0 Å². The quantitative estimate of drug-likeness (QED) is 0.918. The molecule has 0 fully saturated rings. The SMILES string of the molecule is CCNC(c1ccccc1C)C1COc2ccccc2C1. The molecule has 2 aromatic carbocycles. The van der Waals surface area contributed by atoms with Crippen LogP contribution in [0.1, 0.15) is 29.7 Å². The van der Waals surface area contributed by atoms with Crippen LogP contribution >= 0.6 is 0 Å². The second kappa shape index (κ2) is 6.31. The Bertz CT molecular complexity index is 608. The van der Waals surface area contributed by atoms with E-state index in [9.17, 15) is 0 Å². The zero-order valence-corrected chi connectivity index (χ0v) is 12.8. The van der Waals surface area contributed by atoms with Crippen LogP contribution in [0.4, 0.5) is 0 Å². The summed E-state index contributed by atoms with van der Waals surface area (Å²) in [6.07, 6.45) is 1.07. The van der Waals surface area contributed by atoms with E-state index in [-0.39, 0.29) is 0 Å². The standard InChI is InChI=1S/C19H23NO/c1-3-20-19(17-10-6-4-8-14(17)2)16-12-15-9-5-7-11-18(15)21-13-16/h4-11,16,19-20H,3,12-13H2,1-2H3. The number of hydrogen-bond donors (Lipinski definition) is 1. The van der Waals surface area contributed by atoms with Crippen molar-refractivity contribution >= 4 is 0 Å². The maximum atomic E-state index is 5.98. The van der Waals surface area contributed by atoms with Crippen LogP contribution in [-0.4, -0.2) is 13.2 Å². The minimum absolute atomic E-state index is 0.351. The molecular weight excluding hydrogens is 258 g/mol.